The molecular formula is C21H21N5O4. The lowest BCUT2D eigenvalue weighted by molar-refractivity contribution is -0.143. The van der Waals surface area contributed by atoms with Crippen LogP contribution in [0.2, 0.25) is 0 Å². The molecule has 30 heavy (non-hydrogen) atoms. The predicted molar refractivity (Wildman–Crippen MR) is 112 cm³/mol. The number of carbonyl (C=O) groups excluding carboxylic acids is 1. The number of nitrogens with zero attached hydrogens (tertiary/aromatic N) is 2. The van der Waals surface area contributed by atoms with Crippen molar-refractivity contribution in [1.82, 2.24) is 9.97 Å². The number of hydrogen-bond donors (Lipinski definition) is 4. The number of morpholine rings is 1. The molecular weight excluding hydrogens is 386 g/mol. The summed E-state index contributed by atoms with van der Waals surface area (Å²) in [6, 6.07) is 12.3. The highest BCUT2D eigenvalue weighted by atomic mass is 16.5. The number of nitrogens with one attached hydrogen (secondary N) is 2. The van der Waals surface area contributed by atoms with Crippen molar-refractivity contribution in [3.05, 3.63) is 69.8 Å². The number of nitrogens with two attached hydrogens (primary N) is 1. The third-order valence-electron chi connectivity index (χ3n) is 5.09. The van der Waals surface area contributed by atoms with Crippen LogP contribution in [0.1, 0.15) is 23.1 Å². The average Bonchev–Trinajstić information content (AvgIpc) is 2.73. The van der Waals surface area contributed by atoms with E-state index in [4.69, 9.17) is 15.9 Å². The quantitative estimate of drug-likeness (QED) is 0.375. The number of aliphatic hydroxyl groups is 1. The van der Waals surface area contributed by atoms with E-state index in [-0.39, 0.29) is 29.2 Å². The number of nitrogen functional groups attached to an aromatic ring is 1. The fraction of sp³-hybridized carbons (Fsp3) is 0.238. The molecule has 1 aliphatic rings. The molecule has 2 aromatic carbocycles. The fourth-order valence-electron chi connectivity index (χ4n) is 3.54. The molecule has 154 valence electrons. The van der Waals surface area contributed by atoms with Crippen LogP contribution in [-0.4, -0.2) is 46.1 Å². The Morgan fingerprint density at radius 1 is 1.30 bits per heavy atom. The molecule has 1 unspecified atom stereocenters. The molecule has 1 aliphatic heterocycles. The van der Waals surface area contributed by atoms with Gasteiger partial charge in [-0.05, 0) is 25.1 Å². The summed E-state index contributed by atoms with van der Waals surface area (Å²) in [4.78, 5) is 33.9. The number of amidine groups is 1. The molecule has 0 aliphatic carbocycles. The average molecular weight is 407 g/mol. The largest absolute Gasteiger partial charge is 0.384 e. The standard InChI is InChI=1S/C21H21N5O4/c1-11-5-7-12(8-6-11)26-9-10-30-17(21(26)29)16(27)19-24-14-4-2-3-13(18(22)23)15(14)20(28)25-19/h2-8,16-17,27H,9-10H2,1H3,(H3,22,23)(H,24,25,28)/t16?,17-/m1/s1. The van der Waals surface area contributed by atoms with Crippen LogP contribution in [-0.2, 0) is 9.53 Å². The van der Waals surface area contributed by atoms with Gasteiger partial charge in [0.2, 0.25) is 0 Å². The van der Waals surface area contributed by atoms with Gasteiger partial charge in [-0.25, -0.2) is 0 Å². The van der Waals surface area contributed by atoms with Crippen LogP contribution >= 0.6 is 0 Å². The Morgan fingerprint density at radius 2 is 2.03 bits per heavy atom. The van der Waals surface area contributed by atoms with Crippen molar-refractivity contribution >= 4 is 28.3 Å². The highest BCUT2D eigenvalue weighted by Gasteiger charge is 2.38. The third kappa shape index (κ3) is 3.44. The molecule has 0 saturated carbocycles. The lowest BCUT2D eigenvalue weighted by Gasteiger charge is -2.34. The van der Waals surface area contributed by atoms with Gasteiger partial charge in [-0.3, -0.25) is 15.0 Å². The first-order valence-corrected chi connectivity index (χ1v) is 9.42. The molecule has 1 amide bonds. The Kier molecular flexibility index (Phi) is 5.06. The molecule has 9 heteroatoms. The van der Waals surface area contributed by atoms with Gasteiger partial charge < -0.3 is 25.5 Å². The van der Waals surface area contributed by atoms with Gasteiger partial charge in [0.15, 0.2) is 6.10 Å². The van der Waals surface area contributed by atoms with E-state index in [1.54, 1.807) is 23.1 Å². The monoisotopic (exact) mass is 407 g/mol. The van der Waals surface area contributed by atoms with Gasteiger partial charge in [-0.1, -0.05) is 29.8 Å². The Hall–Kier alpha value is -3.56. The van der Waals surface area contributed by atoms with E-state index in [0.717, 1.165) is 5.56 Å². The second kappa shape index (κ2) is 7.69. The number of benzene rings is 2. The molecule has 1 saturated heterocycles. The predicted octanol–water partition coefficient (Wildman–Crippen LogP) is 0.981. The van der Waals surface area contributed by atoms with Crippen molar-refractivity contribution in [3.63, 3.8) is 0 Å². The van der Waals surface area contributed by atoms with Gasteiger partial charge in [-0.2, -0.15) is 4.98 Å². The minimum atomic E-state index is -1.47. The minimum absolute atomic E-state index is 0.0858. The van der Waals surface area contributed by atoms with E-state index < -0.39 is 23.7 Å². The Bertz CT molecular complexity index is 1190. The zero-order valence-corrected chi connectivity index (χ0v) is 16.3. The number of H-pyrrole nitrogens is 1. The van der Waals surface area contributed by atoms with E-state index in [0.29, 0.717) is 17.7 Å². The first kappa shape index (κ1) is 19.7. The van der Waals surface area contributed by atoms with Gasteiger partial charge in [-0.15, -0.1) is 0 Å². The topological polar surface area (TPSA) is 145 Å². The summed E-state index contributed by atoms with van der Waals surface area (Å²) >= 11 is 0. The van der Waals surface area contributed by atoms with Gasteiger partial charge in [0.05, 0.1) is 17.5 Å². The van der Waals surface area contributed by atoms with E-state index >= 15 is 0 Å². The molecule has 5 N–H and O–H groups in total. The minimum Gasteiger partial charge on any atom is -0.384 e. The Balaban J connectivity index is 1.68. The molecule has 0 bridgehead atoms. The molecule has 2 atom stereocenters. The van der Waals surface area contributed by atoms with E-state index in [1.807, 2.05) is 31.2 Å². The number of aliphatic hydroxyl groups excluding tert-OH is 1. The van der Waals surface area contributed by atoms with Crippen molar-refractivity contribution in [2.24, 2.45) is 5.73 Å². The SMILES string of the molecule is Cc1ccc(N2CCO[C@H](C(O)c3nc(=O)c4c(C(=N)N)cccc4[nH]3)C2=O)cc1. The van der Waals surface area contributed by atoms with E-state index in [2.05, 4.69) is 9.97 Å². The maximum atomic E-state index is 13.0. The number of anilines is 1. The van der Waals surface area contributed by atoms with Crippen molar-refractivity contribution in [2.45, 2.75) is 19.1 Å². The number of aryl methyl sites for hydroxylation is 1. The number of hydrogen-bond acceptors (Lipinski definition) is 6. The van der Waals surface area contributed by atoms with Crippen molar-refractivity contribution in [2.75, 3.05) is 18.1 Å². The van der Waals surface area contributed by atoms with Gasteiger partial charge in [0, 0.05) is 17.8 Å². The number of carbonyl (C=O) groups is 1. The number of ether oxygens (including phenoxy) is 1. The smallest absolute Gasteiger partial charge is 0.281 e. The Morgan fingerprint density at radius 3 is 2.73 bits per heavy atom. The summed E-state index contributed by atoms with van der Waals surface area (Å²) in [5.41, 5.74) is 7.27. The number of aromatic nitrogens is 2. The van der Waals surface area contributed by atoms with Gasteiger partial charge in [0.25, 0.3) is 11.5 Å². The number of aromatic amines is 1. The van der Waals surface area contributed by atoms with Crippen molar-refractivity contribution < 1.29 is 14.6 Å². The Labute approximate surface area is 171 Å². The van der Waals surface area contributed by atoms with Crippen LogP contribution in [0.15, 0.2) is 47.3 Å². The number of amides is 1. The van der Waals surface area contributed by atoms with Gasteiger partial charge in [0.1, 0.15) is 17.8 Å². The summed E-state index contributed by atoms with van der Waals surface area (Å²) in [5.74, 6) is -0.768. The summed E-state index contributed by atoms with van der Waals surface area (Å²) in [6.45, 7) is 2.54. The second-order valence-corrected chi connectivity index (χ2v) is 7.13. The molecule has 0 spiro atoms. The molecule has 4 rings (SSSR count). The summed E-state index contributed by atoms with van der Waals surface area (Å²) in [6.07, 6.45) is -2.68. The van der Waals surface area contributed by atoms with Crippen molar-refractivity contribution in [3.8, 4) is 0 Å². The summed E-state index contributed by atoms with van der Waals surface area (Å²) in [7, 11) is 0. The zero-order chi connectivity index (χ0) is 21.4. The van der Waals surface area contributed by atoms with E-state index in [9.17, 15) is 14.7 Å². The van der Waals surface area contributed by atoms with E-state index in [1.165, 1.54) is 0 Å². The molecule has 1 fully saturated rings. The highest BCUT2D eigenvalue weighted by Crippen LogP contribution is 2.26. The second-order valence-electron chi connectivity index (χ2n) is 7.13. The first-order valence-electron chi connectivity index (χ1n) is 9.42. The first-order chi connectivity index (χ1) is 14.4. The third-order valence-corrected chi connectivity index (χ3v) is 5.09. The van der Waals surface area contributed by atoms with Crippen molar-refractivity contribution in [1.29, 1.82) is 5.41 Å². The maximum absolute atomic E-state index is 13.0. The van der Waals surface area contributed by atoms with Crippen LogP contribution in [0.5, 0.6) is 0 Å². The van der Waals surface area contributed by atoms with Crippen LogP contribution < -0.4 is 16.2 Å². The van der Waals surface area contributed by atoms with Crippen LogP contribution in [0.25, 0.3) is 10.9 Å². The lowest BCUT2D eigenvalue weighted by Crippen LogP contribution is -2.50. The zero-order valence-electron chi connectivity index (χ0n) is 16.3. The fourth-order valence-corrected chi connectivity index (χ4v) is 3.54. The van der Waals surface area contributed by atoms with Crippen LogP contribution in [0.3, 0.4) is 0 Å². The highest BCUT2D eigenvalue weighted by molar-refractivity contribution is 6.06. The molecule has 2 heterocycles. The lowest BCUT2D eigenvalue weighted by atomic mass is 10.1. The van der Waals surface area contributed by atoms with Crippen LogP contribution in [0.4, 0.5) is 5.69 Å². The summed E-state index contributed by atoms with van der Waals surface area (Å²) in [5, 5.41) is 18.6. The number of fused-ring (bicyclic) bond motifs is 1. The van der Waals surface area contributed by atoms with Crippen LogP contribution in [0, 0.1) is 12.3 Å². The normalized spacial score (nSPS) is 17.9. The molecule has 3 aromatic rings. The number of rotatable bonds is 4. The molecule has 1 aromatic heterocycles. The molecule has 9 nitrogen and oxygen atoms in total. The van der Waals surface area contributed by atoms with Gasteiger partial charge >= 0.3 is 0 Å². The molecule has 0 radical (unpaired) electrons. The maximum Gasteiger partial charge on any atom is 0.281 e. The summed E-state index contributed by atoms with van der Waals surface area (Å²) < 4.78 is 5.54.